The Morgan fingerprint density at radius 1 is 1.00 bits per heavy atom. The molecule has 0 saturated heterocycles. The number of hydrogen-bond acceptors (Lipinski definition) is 4. The Bertz CT molecular complexity index is 405. The van der Waals surface area contributed by atoms with Crippen molar-refractivity contribution in [3.63, 3.8) is 0 Å². The first-order valence-corrected chi connectivity index (χ1v) is 5.23. The molecule has 0 aliphatic carbocycles. The van der Waals surface area contributed by atoms with Crippen LogP contribution in [0.1, 0.15) is 27.7 Å². The van der Waals surface area contributed by atoms with Crippen LogP contribution in [0, 0.1) is 0 Å². The van der Waals surface area contributed by atoms with Crippen molar-refractivity contribution < 1.29 is 19.1 Å². The van der Waals surface area contributed by atoms with E-state index in [9.17, 15) is 14.4 Å². The molecule has 6 heteroatoms. The van der Waals surface area contributed by atoms with E-state index >= 15 is 0 Å². The highest BCUT2D eigenvalue weighted by molar-refractivity contribution is 6.01. The summed E-state index contributed by atoms with van der Waals surface area (Å²) in [4.78, 5) is 33.7. The molecule has 0 bridgehead atoms. The Morgan fingerprint density at radius 2 is 1.50 bits per heavy atom. The molecule has 2 N–H and O–H groups in total. The molecule has 0 unspecified atom stereocenters. The van der Waals surface area contributed by atoms with Gasteiger partial charge in [0, 0.05) is 6.92 Å². The van der Waals surface area contributed by atoms with Crippen LogP contribution in [-0.4, -0.2) is 23.4 Å². The zero-order chi connectivity index (χ0) is 14.5. The van der Waals surface area contributed by atoms with Crippen LogP contribution in [0.4, 0.5) is 0 Å². The summed E-state index contributed by atoms with van der Waals surface area (Å²) in [5.74, 6) is -1.90. The number of nitrogens with one attached hydrogen (secondary N) is 2. The number of rotatable bonds is 4. The van der Waals surface area contributed by atoms with Gasteiger partial charge in [0.25, 0.3) is 5.91 Å². The van der Waals surface area contributed by atoms with Crippen LogP contribution in [0.25, 0.3) is 0 Å². The SMILES string of the molecule is C=C(NC(C)=O)C(=O)NC(=C)C(=O)OC(C)(C)C. The first-order chi connectivity index (χ1) is 8.03. The average Bonchev–Trinajstić information content (AvgIpc) is 2.13. The molecule has 0 atom stereocenters. The first kappa shape index (κ1) is 15.9. The van der Waals surface area contributed by atoms with E-state index in [-0.39, 0.29) is 11.4 Å². The quantitative estimate of drug-likeness (QED) is 0.568. The second-order valence-corrected chi connectivity index (χ2v) is 4.59. The minimum atomic E-state index is -0.744. The van der Waals surface area contributed by atoms with E-state index in [2.05, 4.69) is 23.8 Å². The van der Waals surface area contributed by atoms with Crippen LogP contribution in [0.5, 0.6) is 0 Å². The van der Waals surface area contributed by atoms with Gasteiger partial charge in [-0.2, -0.15) is 0 Å². The molecule has 0 aromatic rings. The third-order valence-corrected chi connectivity index (χ3v) is 1.51. The zero-order valence-electron chi connectivity index (χ0n) is 11.0. The number of esters is 1. The molecule has 0 radical (unpaired) electrons. The third-order valence-electron chi connectivity index (χ3n) is 1.51. The molecule has 6 nitrogen and oxygen atoms in total. The lowest BCUT2D eigenvalue weighted by molar-refractivity contribution is -0.150. The summed E-state index contributed by atoms with van der Waals surface area (Å²) in [5.41, 5.74) is -1.08. The minimum absolute atomic E-state index is 0.174. The van der Waals surface area contributed by atoms with Gasteiger partial charge < -0.3 is 15.4 Å². The van der Waals surface area contributed by atoms with Gasteiger partial charge >= 0.3 is 5.97 Å². The second-order valence-electron chi connectivity index (χ2n) is 4.59. The molecular formula is C12H18N2O4. The maximum absolute atomic E-state index is 11.5. The molecule has 100 valence electrons. The van der Waals surface area contributed by atoms with E-state index in [4.69, 9.17) is 4.74 Å². The molecule has 0 aromatic carbocycles. The highest BCUT2D eigenvalue weighted by Crippen LogP contribution is 2.09. The number of ether oxygens (including phenoxy) is 1. The Kier molecular flexibility index (Phi) is 5.29. The normalized spacial score (nSPS) is 10.2. The van der Waals surface area contributed by atoms with E-state index in [0.717, 1.165) is 0 Å². The number of hydrogen-bond donors (Lipinski definition) is 2. The molecular weight excluding hydrogens is 236 g/mol. The fraction of sp³-hybridized carbons (Fsp3) is 0.417. The van der Waals surface area contributed by atoms with Gasteiger partial charge in [-0.05, 0) is 20.8 Å². The number of amides is 2. The van der Waals surface area contributed by atoms with Crippen molar-refractivity contribution in [2.24, 2.45) is 0 Å². The third kappa shape index (κ3) is 6.47. The average molecular weight is 254 g/mol. The summed E-state index contributed by atoms with van der Waals surface area (Å²) >= 11 is 0. The molecule has 0 saturated carbocycles. The smallest absolute Gasteiger partial charge is 0.354 e. The molecule has 2 amide bonds. The maximum atomic E-state index is 11.5. The molecule has 0 heterocycles. The topological polar surface area (TPSA) is 84.5 Å². The van der Waals surface area contributed by atoms with Crippen LogP contribution in [0.2, 0.25) is 0 Å². The van der Waals surface area contributed by atoms with E-state index in [1.807, 2.05) is 0 Å². The standard InChI is InChI=1S/C12H18N2O4/c1-7(13-9(3)15)10(16)14-8(2)11(17)18-12(4,5)6/h1-2H2,3-6H3,(H,13,15)(H,14,16). The summed E-state index contributed by atoms with van der Waals surface area (Å²) in [6, 6.07) is 0. The van der Waals surface area contributed by atoms with Crippen molar-refractivity contribution in [3.05, 3.63) is 24.6 Å². The van der Waals surface area contributed by atoms with E-state index in [1.54, 1.807) is 20.8 Å². The summed E-state index contributed by atoms with van der Waals surface area (Å²) in [6.45, 7) is 13.0. The van der Waals surface area contributed by atoms with Crippen molar-refractivity contribution >= 4 is 17.8 Å². The molecule has 0 aliphatic rings. The van der Waals surface area contributed by atoms with Crippen molar-refractivity contribution in [1.82, 2.24) is 10.6 Å². The lowest BCUT2D eigenvalue weighted by Gasteiger charge is -2.20. The van der Waals surface area contributed by atoms with E-state index in [0.29, 0.717) is 0 Å². The Labute approximate surface area is 106 Å². The summed E-state index contributed by atoms with van der Waals surface area (Å²) in [6.07, 6.45) is 0. The van der Waals surface area contributed by atoms with Crippen LogP contribution >= 0.6 is 0 Å². The van der Waals surface area contributed by atoms with Gasteiger partial charge in [0.1, 0.15) is 11.3 Å². The van der Waals surface area contributed by atoms with Gasteiger partial charge in [-0.3, -0.25) is 9.59 Å². The van der Waals surface area contributed by atoms with E-state index < -0.39 is 23.4 Å². The Balaban J connectivity index is 4.40. The molecule has 0 fully saturated rings. The van der Waals surface area contributed by atoms with Crippen molar-refractivity contribution in [1.29, 1.82) is 0 Å². The molecule has 0 rings (SSSR count). The van der Waals surface area contributed by atoms with Gasteiger partial charge in [-0.1, -0.05) is 13.2 Å². The van der Waals surface area contributed by atoms with Crippen LogP contribution in [0.3, 0.4) is 0 Å². The van der Waals surface area contributed by atoms with Gasteiger partial charge in [0.2, 0.25) is 5.91 Å². The monoisotopic (exact) mass is 254 g/mol. The zero-order valence-corrected chi connectivity index (χ0v) is 11.0. The number of carbonyl (C=O) groups is 3. The fourth-order valence-corrected chi connectivity index (χ4v) is 0.872. The highest BCUT2D eigenvalue weighted by Gasteiger charge is 2.20. The van der Waals surface area contributed by atoms with Crippen LogP contribution in [0.15, 0.2) is 24.6 Å². The molecule has 0 spiro atoms. The summed E-state index contributed by atoms with van der Waals surface area (Å²) < 4.78 is 4.99. The summed E-state index contributed by atoms with van der Waals surface area (Å²) in [7, 11) is 0. The van der Waals surface area contributed by atoms with Crippen LogP contribution in [-0.2, 0) is 19.1 Å². The number of carbonyl (C=O) groups excluding carboxylic acids is 3. The molecule has 18 heavy (non-hydrogen) atoms. The largest absolute Gasteiger partial charge is 0.455 e. The molecule has 0 aliphatic heterocycles. The lowest BCUT2D eigenvalue weighted by atomic mass is 10.2. The van der Waals surface area contributed by atoms with Gasteiger partial charge in [-0.25, -0.2) is 4.79 Å². The predicted molar refractivity (Wildman–Crippen MR) is 66.1 cm³/mol. The fourth-order valence-electron chi connectivity index (χ4n) is 0.872. The Hall–Kier alpha value is -2.11. The van der Waals surface area contributed by atoms with Crippen LogP contribution < -0.4 is 10.6 Å². The van der Waals surface area contributed by atoms with Crippen molar-refractivity contribution in [3.8, 4) is 0 Å². The summed E-state index contributed by atoms with van der Waals surface area (Å²) in [5, 5.41) is 4.38. The predicted octanol–water partition coefficient (Wildman–Crippen LogP) is 0.608. The van der Waals surface area contributed by atoms with Gasteiger partial charge in [0.05, 0.1) is 5.70 Å². The first-order valence-electron chi connectivity index (χ1n) is 5.23. The van der Waals surface area contributed by atoms with Crippen molar-refractivity contribution in [2.45, 2.75) is 33.3 Å². The molecule has 0 aromatic heterocycles. The second kappa shape index (κ2) is 6.00. The lowest BCUT2D eigenvalue weighted by Crippen LogP contribution is -2.36. The van der Waals surface area contributed by atoms with Gasteiger partial charge in [0.15, 0.2) is 0 Å². The highest BCUT2D eigenvalue weighted by atomic mass is 16.6. The minimum Gasteiger partial charge on any atom is -0.455 e. The maximum Gasteiger partial charge on any atom is 0.354 e. The Morgan fingerprint density at radius 3 is 1.89 bits per heavy atom. The van der Waals surface area contributed by atoms with Crippen molar-refractivity contribution in [2.75, 3.05) is 0 Å². The van der Waals surface area contributed by atoms with E-state index in [1.165, 1.54) is 6.92 Å². The van der Waals surface area contributed by atoms with Gasteiger partial charge in [-0.15, -0.1) is 0 Å².